The zero-order chi connectivity index (χ0) is 10.3. The molecular formula is C11H23ClS. The fourth-order valence-electron chi connectivity index (χ4n) is 1.32. The van der Waals surface area contributed by atoms with E-state index in [0.29, 0.717) is 11.3 Å². The number of alkyl halides is 1. The van der Waals surface area contributed by atoms with Crippen molar-refractivity contribution in [2.45, 2.75) is 40.5 Å². The summed E-state index contributed by atoms with van der Waals surface area (Å²) in [6.07, 6.45) is 2.59. The van der Waals surface area contributed by atoms with E-state index in [2.05, 4.69) is 27.7 Å². The second-order valence-corrected chi connectivity index (χ2v) is 6.26. The lowest BCUT2D eigenvalue weighted by molar-refractivity contribution is 0.249. The van der Waals surface area contributed by atoms with Crippen molar-refractivity contribution in [3.05, 3.63) is 0 Å². The molecule has 80 valence electrons. The summed E-state index contributed by atoms with van der Waals surface area (Å²) >= 11 is 7.99. The first-order valence-corrected chi connectivity index (χ1v) is 6.85. The monoisotopic (exact) mass is 222 g/mol. The van der Waals surface area contributed by atoms with E-state index in [1.165, 1.54) is 24.3 Å². The number of rotatable bonds is 6. The molecule has 1 unspecified atom stereocenters. The number of halogens is 1. The van der Waals surface area contributed by atoms with Gasteiger partial charge in [-0.1, -0.05) is 27.7 Å². The molecule has 0 bridgehead atoms. The van der Waals surface area contributed by atoms with Gasteiger partial charge in [0.2, 0.25) is 0 Å². The molecular weight excluding hydrogens is 200 g/mol. The highest BCUT2D eigenvalue weighted by molar-refractivity contribution is 7.99. The molecule has 0 fully saturated rings. The minimum Gasteiger partial charge on any atom is -0.162 e. The molecule has 0 aromatic rings. The van der Waals surface area contributed by atoms with Crippen LogP contribution in [0.25, 0.3) is 0 Å². The molecule has 1 atom stereocenters. The van der Waals surface area contributed by atoms with Gasteiger partial charge >= 0.3 is 0 Å². The molecule has 0 N–H and O–H groups in total. The van der Waals surface area contributed by atoms with Crippen LogP contribution in [0.15, 0.2) is 0 Å². The third-order valence-corrected chi connectivity index (χ3v) is 3.81. The molecule has 0 nitrogen and oxygen atoms in total. The maximum Gasteiger partial charge on any atom is 0.0256 e. The quantitative estimate of drug-likeness (QED) is 0.474. The molecule has 2 heteroatoms. The van der Waals surface area contributed by atoms with Gasteiger partial charge in [-0.3, -0.25) is 0 Å². The van der Waals surface area contributed by atoms with Gasteiger partial charge in [0.05, 0.1) is 0 Å². The minimum absolute atomic E-state index is 0.374. The summed E-state index contributed by atoms with van der Waals surface area (Å²) in [6, 6.07) is 0. The summed E-state index contributed by atoms with van der Waals surface area (Å²) in [5.74, 6) is 4.01. The molecule has 13 heavy (non-hydrogen) atoms. The van der Waals surface area contributed by atoms with Gasteiger partial charge < -0.3 is 0 Å². The largest absolute Gasteiger partial charge is 0.162 e. The average molecular weight is 223 g/mol. The van der Waals surface area contributed by atoms with E-state index < -0.39 is 0 Å². The highest BCUT2D eigenvalue weighted by Crippen LogP contribution is 2.30. The van der Waals surface area contributed by atoms with E-state index >= 15 is 0 Å². The Hall–Kier alpha value is 0.640. The van der Waals surface area contributed by atoms with E-state index in [4.69, 9.17) is 11.6 Å². The van der Waals surface area contributed by atoms with Gasteiger partial charge in [-0.2, -0.15) is 11.8 Å². The number of hydrogen-bond acceptors (Lipinski definition) is 1. The second-order valence-electron chi connectivity index (χ2n) is 4.56. The molecule has 0 radical (unpaired) electrons. The molecule has 0 aromatic heterocycles. The third kappa shape index (κ3) is 6.68. The first-order valence-electron chi connectivity index (χ1n) is 5.16. The van der Waals surface area contributed by atoms with Crippen molar-refractivity contribution in [1.29, 1.82) is 0 Å². The van der Waals surface area contributed by atoms with Gasteiger partial charge in [0, 0.05) is 5.88 Å². The van der Waals surface area contributed by atoms with Crippen molar-refractivity contribution >= 4 is 23.4 Å². The number of hydrogen-bond donors (Lipinski definition) is 0. The van der Waals surface area contributed by atoms with Gasteiger partial charge in [0.15, 0.2) is 0 Å². The lowest BCUT2D eigenvalue weighted by Gasteiger charge is -2.28. The molecule has 0 aromatic carbocycles. The highest BCUT2D eigenvalue weighted by atomic mass is 35.5. The smallest absolute Gasteiger partial charge is 0.0256 e. The molecule has 0 rings (SSSR count). The van der Waals surface area contributed by atoms with Gasteiger partial charge in [-0.05, 0) is 35.7 Å². The third-order valence-electron chi connectivity index (χ3n) is 2.46. The molecule has 0 aliphatic heterocycles. The van der Waals surface area contributed by atoms with Crippen LogP contribution in [0, 0.1) is 11.3 Å². The highest BCUT2D eigenvalue weighted by Gasteiger charge is 2.22. The Morgan fingerprint density at radius 1 is 1.31 bits per heavy atom. The van der Waals surface area contributed by atoms with Crippen LogP contribution < -0.4 is 0 Å². The normalized spacial score (nSPS) is 14.5. The van der Waals surface area contributed by atoms with Crippen LogP contribution >= 0.6 is 23.4 Å². The van der Waals surface area contributed by atoms with Crippen LogP contribution in [0.5, 0.6) is 0 Å². The molecule has 0 aliphatic carbocycles. The Balaban J connectivity index is 3.61. The van der Waals surface area contributed by atoms with E-state index in [1.807, 2.05) is 11.8 Å². The van der Waals surface area contributed by atoms with Gasteiger partial charge in [-0.25, -0.2) is 0 Å². The zero-order valence-electron chi connectivity index (χ0n) is 9.40. The van der Waals surface area contributed by atoms with Crippen molar-refractivity contribution < 1.29 is 0 Å². The Bertz CT molecular complexity index is 118. The van der Waals surface area contributed by atoms with Crippen molar-refractivity contribution in [1.82, 2.24) is 0 Å². The van der Waals surface area contributed by atoms with Crippen LogP contribution in [-0.2, 0) is 0 Å². The van der Waals surface area contributed by atoms with Crippen LogP contribution in [0.4, 0.5) is 0 Å². The first-order chi connectivity index (χ1) is 6.02. The lowest BCUT2D eigenvalue weighted by Crippen LogP contribution is -2.22. The summed E-state index contributed by atoms with van der Waals surface area (Å²) in [4.78, 5) is 0. The molecule has 0 saturated carbocycles. The maximum absolute atomic E-state index is 5.96. The molecule has 0 heterocycles. The summed E-state index contributed by atoms with van der Waals surface area (Å²) in [5, 5.41) is 0. The zero-order valence-corrected chi connectivity index (χ0v) is 11.0. The fraction of sp³-hybridized carbons (Fsp3) is 1.00. The minimum atomic E-state index is 0.374. The first kappa shape index (κ1) is 13.6. The Labute approximate surface area is 92.8 Å². The summed E-state index contributed by atoms with van der Waals surface area (Å²) < 4.78 is 0. The Morgan fingerprint density at radius 2 is 1.92 bits per heavy atom. The molecule has 0 amide bonds. The van der Waals surface area contributed by atoms with Crippen molar-refractivity contribution in [2.75, 3.05) is 17.4 Å². The van der Waals surface area contributed by atoms with E-state index in [-0.39, 0.29) is 0 Å². The lowest BCUT2D eigenvalue weighted by atomic mass is 9.79. The summed E-state index contributed by atoms with van der Waals surface area (Å²) in [5.41, 5.74) is 0.374. The predicted octanol–water partition coefficient (Wildman–Crippen LogP) is 4.42. The Kier molecular flexibility index (Phi) is 7.35. The molecule has 0 aliphatic rings. The maximum atomic E-state index is 5.96. The van der Waals surface area contributed by atoms with Crippen LogP contribution in [0.2, 0.25) is 0 Å². The van der Waals surface area contributed by atoms with Crippen molar-refractivity contribution in [3.8, 4) is 0 Å². The number of thioether (sulfide) groups is 1. The standard InChI is InChI=1S/C11H23ClS/c1-5-13-8-6-7-10(9-12)11(2,3)4/h10H,5-9H2,1-4H3. The van der Waals surface area contributed by atoms with Crippen LogP contribution in [-0.4, -0.2) is 17.4 Å². The van der Waals surface area contributed by atoms with Crippen molar-refractivity contribution in [2.24, 2.45) is 11.3 Å². The fourth-order valence-corrected chi connectivity index (χ4v) is 2.59. The van der Waals surface area contributed by atoms with Gasteiger partial charge in [0.1, 0.15) is 0 Å². The van der Waals surface area contributed by atoms with Gasteiger partial charge in [0.25, 0.3) is 0 Å². The van der Waals surface area contributed by atoms with Crippen LogP contribution in [0.3, 0.4) is 0 Å². The van der Waals surface area contributed by atoms with Crippen LogP contribution in [0.1, 0.15) is 40.5 Å². The summed E-state index contributed by atoms with van der Waals surface area (Å²) in [7, 11) is 0. The van der Waals surface area contributed by atoms with E-state index in [0.717, 1.165) is 5.88 Å². The van der Waals surface area contributed by atoms with Gasteiger partial charge in [-0.15, -0.1) is 11.6 Å². The topological polar surface area (TPSA) is 0 Å². The second kappa shape index (κ2) is 7.00. The molecule has 0 saturated heterocycles. The van der Waals surface area contributed by atoms with Crippen molar-refractivity contribution in [3.63, 3.8) is 0 Å². The van der Waals surface area contributed by atoms with E-state index in [9.17, 15) is 0 Å². The average Bonchev–Trinajstić information content (AvgIpc) is 2.02. The molecule has 0 spiro atoms. The SMILES string of the molecule is CCSCCCC(CCl)C(C)(C)C. The Morgan fingerprint density at radius 3 is 2.31 bits per heavy atom. The predicted molar refractivity (Wildman–Crippen MR) is 65.9 cm³/mol. The van der Waals surface area contributed by atoms with E-state index in [1.54, 1.807) is 0 Å². The summed E-state index contributed by atoms with van der Waals surface area (Å²) in [6.45, 7) is 9.07.